The predicted molar refractivity (Wildman–Crippen MR) is 97.2 cm³/mol. The summed E-state index contributed by atoms with van der Waals surface area (Å²) >= 11 is 0. The lowest BCUT2D eigenvalue weighted by Crippen LogP contribution is -2.12. The van der Waals surface area contributed by atoms with Crippen LogP contribution in [0.3, 0.4) is 0 Å². The summed E-state index contributed by atoms with van der Waals surface area (Å²) in [5.74, 6) is 0.157. The minimum atomic E-state index is -0.349. The van der Waals surface area contributed by atoms with Crippen LogP contribution in [0.1, 0.15) is 47.4 Å². The molecule has 0 aromatic heterocycles. The van der Waals surface area contributed by atoms with E-state index in [9.17, 15) is 9.59 Å². The second-order valence-corrected chi connectivity index (χ2v) is 5.48. The maximum atomic E-state index is 12.2. The summed E-state index contributed by atoms with van der Waals surface area (Å²) in [5, 5.41) is 2.80. The van der Waals surface area contributed by atoms with Gasteiger partial charge in [0.1, 0.15) is 5.75 Å². The van der Waals surface area contributed by atoms with Crippen molar-refractivity contribution in [3.05, 3.63) is 59.7 Å². The second kappa shape index (κ2) is 9.47. The molecule has 0 atom stereocenters. The Labute approximate surface area is 148 Å². The lowest BCUT2D eigenvalue weighted by atomic mass is 10.1. The molecule has 25 heavy (non-hydrogen) atoms. The van der Waals surface area contributed by atoms with Gasteiger partial charge in [-0.3, -0.25) is 4.79 Å². The van der Waals surface area contributed by atoms with Crippen LogP contribution in [0.2, 0.25) is 0 Å². The van der Waals surface area contributed by atoms with Crippen LogP contribution in [0.25, 0.3) is 0 Å². The first-order chi connectivity index (χ1) is 12.1. The number of amides is 1. The number of esters is 1. The number of benzene rings is 2. The highest BCUT2D eigenvalue weighted by molar-refractivity contribution is 6.04. The van der Waals surface area contributed by atoms with Gasteiger partial charge in [0.05, 0.1) is 18.8 Å². The van der Waals surface area contributed by atoms with Gasteiger partial charge in [0, 0.05) is 11.3 Å². The van der Waals surface area contributed by atoms with Crippen molar-refractivity contribution in [3.8, 4) is 5.75 Å². The minimum Gasteiger partial charge on any atom is -0.494 e. The Morgan fingerprint density at radius 1 is 0.920 bits per heavy atom. The van der Waals surface area contributed by atoms with Gasteiger partial charge in [-0.1, -0.05) is 13.3 Å². The molecule has 0 heterocycles. The highest BCUT2D eigenvalue weighted by atomic mass is 16.5. The molecule has 1 amide bonds. The van der Waals surface area contributed by atoms with Crippen LogP contribution in [0.4, 0.5) is 5.69 Å². The van der Waals surface area contributed by atoms with Crippen molar-refractivity contribution in [2.75, 3.05) is 18.5 Å². The average Bonchev–Trinajstić information content (AvgIpc) is 2.63. The number of nitrogens with one attached hydrogen (secondary N) is 1. The van der Waals surface area contributed by atoms with Crippen LogP contribution in [-0.2, 0) is 4.74 Å². The van der Waals surface area contributed by atoms with Crippen LogP contribution >= 0.6 is 0 Å². The van der Waals surface area contributed by atoms with Gasteiger partial charge < -0.3 is 14.8 Å². The molecule has 0 saturated carbocycles. The van der Waals surface area contributed by atoms with E-state index in [4.69, 9.17) is 9.47 Å². The molecule has 0 bridgehead atoms. The third-order valence-corrected chi connectivity index (χ3v) is 3.54. The molecule has 2 aromatic rings. The maximum absolute atomic E-state index is 12.2. The normalized spacial score (nSPS) is 10.2. The van der Waals surface area contributed by atoms with E-state index in [-0.39, 0.29) is 11.9 Å². The number of hydrogen-bond acceptors (Lipinski definition) is 4. The van der Waals surface area contributed by atoms with E-state index >= 15 is 0 Å². The highest BCUT2D eigenvalue weighted by Crippen LogP contribution is 2.15. The SMILES string of the molecule is CCCCOC(=O)c1ccc(NC(=O)c2ccc(OCC)cc2)cc1. The Morgan fingerprint density at radius 2 is 1.56 bits per heavy atom. The number of carbonyl (C=O) groups is 2. The summed E-state index contributed by atoms with van der Waals surface area (Å²) in [4.78, 5) is 24.1. The summed E-state index contributed by atoms with van der Waals surface area (Å²) in [6.07, 6.45) is 1.83. The van der Waals surface area contributed by atoms with Gasteiger partial charge in [0.25, 0.3) is 5.91 Å². The first kappa shape index (κ1) is 18.5. The largest absolute Gasteiger partial charge is 0.494 e. The van der Waals surface area contributed by atoms with Crippen LogP contribution in [0.15, 0.2) is 48.5 Å². The molecule has 0 fully saturated rings. The summed E-state index contributed by atoms with van der Waals surface area (Å²) < 4.78 is 10.5. The molecule has 132 valence electrons. The Kier molecular flexibility index (Phi) is 7.01. The molecule has 0 radical (unpaired) electrons. The van der Waals surface area contributed by atoms with Gasteiger partial charge in [0.2, 0.25) is 0 Å². The van der Waals surface area contributed by atoms with E-state index in [1.165, 1.54) is 0 Å². The molecule has 0 unspecified atom stereocenters. The fourth-order valence-corrected chi connectivity index (χ4v) is 2.15. The number of unbranched alkanes of at least 4 members (excludes halogenated alkanes) is 1. The molecule has 0 aliphatic rings. The van der Waals surface area contributed by atoms with Crippen LogP contribution < -0.4 is 10.1 Å². The first-order valence-corrected chi connectivity index (χ1v) is 8.45. The Balaban J connectivity index is 1.93. The standard InChI is InChI=1S/C20H23NO4/c1-3-5-14-25-20(23)16-6-10-17(11-7-16)21-19(22)15-8-12-18(13-9-15)24-4-2/h6-13H,3-5,14H2,1-2H3,(H,21,22). The molecule has 1 N–H and O–H groups in total. The number of carbonyl (C=O) groups excluding carboxylic acids is 2. The third-order valence-electron chi connectivity index (χ3n) is 3.54. The lowest BCUT2D eigenvalue weighted by molar-refractivity contribution is 0.0499. The van der Waals surface area contributed by atoms with Crippen LogP contribution in [0.5, 0.6) is 5.75 Å². The van der Waals surface area contributed by atoms with Crippen molar-refractivity contribution in [3.63, 3.8) is 0 Å². The van der Waals surface area contributed by atoms with E-state index in [1.54, 1.807) is 48.5 Å². The fourth-order valence-electron chi connectivity index (χ4n) is 2.15. The number of anilines is 1. The van der Waals surface area contributed by atoms with E-state index in [2.05, 4.69) is 5.32 Å². The van der Waals surface area contributed by atoms with Crippen LogP contribution in [0, 0.1) is 0 Å². The maximum Gasteiger partial charge on any atom is 0.338 e. The zero-order chi connectivity index (χ0) is 18.1. The smallest absolute Gasteiger partial charge is 0.338 e. The molecule has 0 aliphatic heterocycles. The van der Waals surface area contributed by atoms with E-state index in [0.29, 0.717) is 30.0 Å². The summed E-state index contributed by atoms with van der Waals surface area (Å²) in [5.41, 5.74) is 1.62. The van der Waals surface area contributed by atoms with Gasteiger partial charge in [-0.05, 0) is 61.9 Å². The molecule has 5 heteroatoms. The molecule has 2 rings (SSSR count). The van der Waals surface area contributed by atoms with Gasteiger partial charge in [-0.15, -0.1) is 0 Å². The summed E-state index contributed by atoms with van der Waals surface area (Å²) in [7, 11) is 0. The zero-order valence-electron chi connectivity index (χ0n) is 14.6. The van der Waals surface area contributed by atoms with Crippen molar-refractivity contribution in [2.24, 2.45) is 0 Å². The van der Waals surface area contributed by atoms with Gasteiger partial charge in [-0.25, -0.2) is 4.79 Å². The fraction of sp³-hybridized carbons (Fsp3) is 0.300. The Bertz CT molecular complexity index is 693. The van der Waals surface area contributed by atoms with Crippen molar-refractivity contribution < 1.29 is 19.1 Å². The Morgan fingerprint density at radius 3 is 2.16 bits per heavy atom. The monoisotopic (exact) mass is 341 g/mol. The number of ether oxygens (including phenoxy) is 2. The summed E-state index contributed by atoms with van der Waals surface area (Å²) in [6.45, 7) is 4.95. The van der Waals surface area contributed by atoms with E-state index in [0.717, 1.165) is 18.6 Å². The van der Waals surface area contributed by atoms with E-state index < -0.39 is 0 Å². The Hall–Kier alpha value is -2.82. The van der Waals surface area contributed by atoms with Crippen molar-refractivity contribution in [1.29, 1.82) is 0 Å². The van der Waals surface area contributed by atoms with Gasteiger partial charge >= 0.3 is 5.97 Å². The first-order valence-electron chi connectivity index (χ1n) is 8.45. The number of hydrogen-bond donors (Lipinski definition) is 1. The third kappa shape index (κ3) is 5.64. The van der Waals surface area contributed by atoms with Crippen molar-refractivity contribution >= 4 is 17.6 Å². The van der Waals surface area contributed by atoms with Gasteiger partial charge in [0.15, 0.2) is 0 Å². The zero-order valence-corrected chi connectivity index (χ0v) is 14.6. The van der Waals surface area contributed by atoms with E-state index in [1.807, 2.05) is 13.8 Å². The molecule has 0 saturated heterocycles. The van der Waals surface area contributed by atoms with Gasteiger partial charge in [-0.2, -0.15) is 0 Å². The van der Waals surface area contributed by atoms with Crippen molar-refractivity contribution in [1.82, 2.24) is 0 Å². The predicted octanol–water partition coefficient (Wildman–Crippen LogP) is 4.29. The average molecular weight is 341 g/mol. The highest BCUT2D eigenvalue weighted by Gasteiger charge is 2.09. The molecule has 5 nitrogen and oxygen atoms in total. The molecular formula is C20H23NO4. The molecule has 0 spiro atoms. The molecule has 0 aliphatic carbocycles. The van der Waals surface area contributed by atoms with Crippen LogP contribution in [-0.4, -0.2) is 25.1 Å². The lowest BCUT2D eigenvalue weighted by Gasteiger charge is -2.08. The molecule has 2 aromatic carbocycles. The topological polar surface area (TPSA) is 64.6 Å². The van der Waals surface area contributed by atoms with Crippen molar-refractivity contribution in [2.45, 2.75) is 26.7 Å². The molecular weight excluding hydrogens is 318 g/mol. The second-order valence-electron chi connectivity index (χ2n) is 5.48. The number of rotatable bonds is 8. The quantitative estimate of drug-likeness (QED) is 0.574. The minimum absolute atomic E-state index is 0.221. The summed E-state index contributed by atoms with van der Waals surface area (Å²) in [6, 6.07) is 13.6.